The summed E-state index contributed by atoms with van der Waals surface area (Å²) in [6, 6.07) is 6.02. The van der Waals surface area contributed by atoms with Gasteiger partial charge in [0.05, 0.1) is 18.9 Å². The second-order valence-corrected chi connectivity index (χ2v) is 6.86. The highest BCUT2D eigenvalue weighted by Crippen LogP contribution is 2.46. The number of benzene rings is 1. The van der Waals surface area contributed by atoms with Crippen LogP contribution < -0.4 is 4.90 Å². The maximum absolute atomic E-state index is 13.1. The third-order valence-corrected chi connectivity index (χ3v) is 5.02. The maximum atomic E-state index is 13.1. The summed E-state index contributed by atoms with van der Waals surface area (Å²) >= 11 is 0. The lowest BCUT2D eigenvalue weighted by Gasteiger charge is -2.32. The number of fused-ring (bicyclic) bond motifs is 2. The molecule has 0 saturated carbocycles. The van der Waals surface area contributed by atoms with Gasteiger partial charge in [-0.15, -0.1) is 0 Å². The third-order valence-electron chi connectivity index (χ3n) is 5.02. The molecule has 1 fully saturated rings. The van der Waals surface area contributed by atoms with Crippen LogP contribution in [0, 0.1) is 6.92 Å². The van der Waals surface area contributed by atoms with E-state index in [1.54, 1.807) is 0 Å². The van der Waals surface area contributed by atoms with Gasteiger partial charge >= 0.3 is 0 Å². The molecule has 2 heterocycles. The first-order chi connectivity index (χ1) is 11.7. The Morgan fingerprint density at radius 2 is 1.79 bits per heavy atom. The molecule has 0 radical (unpaired) electrons. The molecule has 0 bridgehead atoms. The SMILES string of the molecule is CCCCCCCCN1C(=O)C2(OCCCO2)c2cccc(C)c21. The van der Waals surface area contributed by atoms with E-state index < -0.39 is 5.79 Å². The van der Waals surface area contributed by atoms with Gasteiger partial charge in [-0.25, -0.2) is 0 Å². The van der Waals surface area contributed by atoms with Crippen LogP contribution >= 0.6 is 0 Å². The van der Waals surface area contributed by atoms with Crippen LogP contribution in [-0.2, 0) is 20.1 Å². The lowest BCUT2D eigenvalue weighted by Crippen LogP contribution is -2.47. The van der Waals surface area contributed by atoms with Crippen molar-refractivity contribution in [1.82, 2.24) is 0 Å². The van der Waals surface area contributed by atoms with Crippen molar-refractivity contribution < 1.29 is 14.3 Å². The maximum Gasteiger partial charge on any atom is 0.292 e. The molecular formula is C20H29NO3. The summed E-state index contributed by atoms with van der Waals surface area (Å²) in [7, 11) is 0. The zero-order chi connectivity index (χ0) is 17.0. The van der Waals surface area contributed by atoms with Crippen LogP contribution in [-0.4, -0.2) is 25.7 Å². The fourth-order valence-electron chi connectivity index (χ4n) is 3.75. The Morgan fingerprint density at radius 1 is 1.08 bits per heavy atom. The van der Waals surface area contributed by atoms with Gasteiger partial charge < -0.3 is 14.4 Å². The number of hydrogen-bond donors (Lipinski definition) is 0. The number of para-hydroxylation sites is 1. The second kappa shape index (κ2) is 7.66. The standard InChI is InChI=1S/C20H29NO3/c1-3-4-5-6-7-8-13-21-18-16(2)11-9-12-17(18)20(19(21)22)23-14-10-15-24-20/h9,11-12H,3-8,10,13-15H2,1-2H3. The molecule has 4 nitrogen and oxygen atoms in total. The fraction of sp³-hybridized carbons (Fsp3) is 0.650. The van der Waals surface area contributed by atoms with Crippen molar-refractivity contribution >= 4 is 11.6 Å². The highest BCUT2D eigenvalue weighted by molar-refractivity contribution is 6.06. The minimum atomic E-state index is -1.19. The summed E-state index contributed by atoms with van der Waals surface area (Å²) in [5.41, 5.74) is 3.00. The highest BCUT2D eigenvalue weighted by atomic mass is 16.7. The second-order valence-electron chi connectivity index (χ2n) is 6.86. The molecule has 2 aliphatic heterocycles. The monoisotopic (exact) mass is 331 g/mol. The molecule has 2 aliphatic rings. The fourth-order valence-corrected chi connectivity index (χ4v) is 3.75. The molecule has 1 saturated heterocycles. The summed E-state index contributed by atoms with van der Waals surface area (Å²) in [4.78, 5) is 15.0. The van der Waals surface area contributed by atoms with E-state index in [4.69, 9.17) is 9.47 Å². The van der Waals surface area contributed by atoms with Gasteiger partial charge in [-0.3, -0.25) is 4.79 Å². The minimum absolute atomic E-state index is 0.0416. The molecule has 1 amide bonds. The lowest BCUT2D eigenvalue weighted by molar-refractivity contribution is -0.256. The lowest BCUT2D eigenvalue weighted by atomic mass is 10.0. The molecule has 0 unspecified atom stereocenters. The largest absolute Gasteiger partial charge is 0.338 e. The van der Waals surface area contributed by atoms with Gasteiger partial charge in [-0.1, -0.05) is 57.2 Å². The summed E-state index contributed by atoms with van der Waals surface area (Å²) in [6.07, 6.45) is 8.13. The number of unbranched alkanes of at least 4 members (excludes halogenated alkanes) is 5. The van der Waals surface area contributed by atoms with Gasteiger partial charge in [-0.05, 0) is 25.3 Å². The van der Waals surface area contributed by atoms with Crippen LogP contribution in [0.4, 0.5) is 5.69 Å². The smallest absolute Gasteiger partial charge is 0.292 e. The van der Waals surface area contributed by atoms with Crippen molar-refractivity contribution in [2.75, 3.05) is 24.7 Å². The first-order valence-electron chi connectivity index (χ1n) is 9.40. The molecule has 3 rings (SSSR count). The minimum Gasteiger partial charge on any atom is -0.338 e. The summed E-state index contributed by atoms with van der Waals surface area (Å²) < 4.78 is 11.8. The van der Waals surface area contributed by atoms with E-state index >= 15 is 0 Å². The number of hydrogen-bond acceptors (Lipinski definition) is 3. The quantitative estimate of drug-likeness (QED) is 0.700. The number of ether oxygens (including phenoxy) is 2. The average Bonchev–Trinajstić information content (AvgIpc) is 2.82. The van der Waals surface area contributed by atoms with Crippen molar-refractivity contribution in [3.05, 3.63) is 29.3 Å². The zero-order valence-corrected chi connectivity index (χ0v) is 15.0. The van der Waals surface area contributed by atoms with E-state index in [9.17, 15) is 4.79 Å². The number of rotatable bonds is 7. The van der Waals surface area contributed by atoms with Gasteiger partial charge in [0.25, 0.3) is 11.7 Å². The van der Waals surface area contributed by atoms with E-state index in [-0.39, 0.29) is 5.91 Å². The molecule has 0 atom stereocenters. The van der Waals surface area contributed by atoms with Crippen LogP contribution in [0.5, 0.6) is 0 Å². The molecule has 0 aliphatic carbocycles. The average molecular weight is 331 g/mol. The predicted molar refractivity (Wildman–Crippen MR) is 95.1 cm³/mol. The summed E-state index contributed by atoms with van der Waals surface area (Å²) in [5, 5.41) is 0. The van der Waals surface area contributed by atoms with Gasteiger partial charge in [0.15, 0.2) is 0 Å². The van der Waals surface area contributed by atoms with Crippen LogP contribution in [0.25, 0.3) is 0 Å². The van der Waals surface area contributed by atoms with Crippen LogP contribution in [0.2, 0.25) is 0 Å². The molecular weight excluding hydrogens is 302 g/mol. The van der Waals surface area contributed by atoms with E-state index in [1.165, 1.54) is 32.1 Å². The Bertz CT molecular complexity index is 578. The third kappa shape index (κ3) is 3.09. The van der Waals surface area contributed by atoms with Crippen molar-refractivity contribution in [3.8, 4) is 0 Å². The number of anilines is 1. The molecule has 24 heavy (non-hydrogen) atoms. The highest BCUT2D eigenvalue weighted by Gasteiger charge is 2.55. The van der Waals surface area contributed by atoms with E-state index in [0.717, 1.165) is 36.2 Å². The Kier molecular flexibility index (Phi) is 5.57. The number of aryl methyl sites for hydroxylation is 1. The molecule has 1 aromatic rings. The van der Waals surface area contributed by atoms with Crippen LogP contribution in [0.1, 0.15) is 63.0 Å². The Labute approximate surface area is 145 Å². The van der Waals surface area contributed by atoms with Crippen LogP contribution in [0.3, 0.4) is 0 Å². The summed E-state index contributed by atoms with van der Waals surface area (Å²) in [5.74, 6) is -1.23. The normalized spacial score (nSPS) is 19.1. The number of carbonyl (C=O) groups excluding carboxylic acids is 1. The van der Waals surface area contributed by atoms with E-state index in [0.29, 0.717) is 13.2 Å². The molecule has 1 aromatic carbocycles. The van der Waals surface area contributed by atoms with Crippen molar-refractivity contribution in [1.29, 1.82) is 0 Å². The Hall–Kier alpha value is -1.39. The van der Waals surface area contributed by atoms with Gasteiger partial charge in [0.1, 0.15) is 0 Å². The van der Waals surface area contributed by atoms with Gasteiger partial charge in [-0.2, -0.15) is 0 Å². The molecule has 0 aromatic heterocycles. The topological polar surface area (TPSA) is 38.8 Å². The number of amides is 1. The Morgan fingerprint density at radius 3 is 2.54 bits per heavy atom. The first-order valence-corrected chi connectivity index (χ1v) is 9.40. The van der Waals surface area contributed by atoms with Crippen molar-refractivity contribution in [3.63, 3.8) is 0 Å². The molecule has 1 spiro atoms. The molecule has 0 N–H and O–H groups in total. The number of carbonyl (C=O) groups is 1. The van der Waals surface area contributed by atoms with Gasteiger partial charge in [0, 0.05) is 12.1 Å². The molecule has 132 valence electrons. The van der Waals surface area contributed by atoms with Crippen LogP contribution in [0.15, 0.2) is 18.2 Å². The number of nitrogens with zero attached hydrogens (tertiary/aromatic N) is 1. The van der Waals surface area contributed by atoms with E-state index in [1.807, 2.05) is 17.0 Å². The molecule has 4 heteroatoms. The first kappa shape index (κ1) is 17.4. The van der Waals surface area contributed by atoms with Gasteiger partial charge in [0.2, 0.25) is 0 Å². The predicted octanol–water partition coefficient (Wildman–Crippen LogP) is 4.29. The van der Waals surface area contributed by atoms with Crippen molar-refractivity contribution in [2.24, 2.45) is 0 Å². The zero-order valence-electron chi connectivity index (χ0n) is 15.0. The summed E-state index contributed by atoms with van der Waals surface area (Å²) in [6.45, 7) is 6.18. The van der Waals surface area contributed by atoms with Crippen molar-refractivity contribution in [2.45, 2.75) is 64.6 Å². The van der Waals surface area contributed by atoms with E-state index in [2.05, 4.69) is 19.9 Å². The Balaban J connectivity index is 1.74.